The zero-order valence-electron chi connectivity index (χ0n) is 12.8. The van der Waals surface area contributed by atoms with Gasteiger partial charge in [0.15, 0.2) is 5.82 Å². The fraction of sp³-hybridized carbons (Fsp3) is 0.562. The zero-order valence-corrected chi connectivity index (χ0v) is 14.4. The van der Waals surface area contributed by atoms with E-state index in [1.807, 2.05) is 23.0 Å². The summed E-state index contributed by atoms with van der Waals surface area (Å²) in [5.41, 5.74) is 1.02. The van der Waals surface area contributed by atoms with Crippen LogP contribution in [-0.2, 0) is 19.4 Å². The maximum Gasteiger partial charge on any atom is 0.150 e. The predicted molar refractivity (Wildman–Crippen MR) is 88.3 cm³/mol. The molecule has 21 heavy (non-hydrogen) atoms. The van der Waals surface area contributed by atoms with Crippen LogP contribution in [0.25, 0.3) is 0 Å². The molecule has 0 unspecified atom stereocenters. The molecule has 0 aliphatic carbocycles. The van der Waals surface area contributed by atoms with Crippen molar-refractivity contribution in [3.63, 3.8) is 0 Å². The summed E-state index contributed by atoms with van der Waals surface area (Å²) in [6.07, 6.45) is 8.44. The first-order valence-electron chi connectivity index (χ1n) is 7.76. The molecule has 0 aliphatic rings. The smallest absolute Gasteiger partial charge is 0.150 e. The molecule has 4 nitrogen and oxygen atoms in total. The number of hydrogen-bond acceptors (Lipinski definition) is 3. The summed E-state index contributed by atoms with van der Waals surface area (Å²) in [6, 6.07) is 4.05. The molecular weight excluding hydrogens is 328 g/mol. The van der Waals surface area contributed by atoms with Gasteiger partial charge in [0.2, 0.25) is 0 Å². The molecule has 0 saturated heterocycles. The molecule has 0 fully saturated rings. The van der Waals surface area contributed by atoms with Crippen LogP contribution in [0.3, 0.4) is 0 Å². The van der Waals surface area contributed by atoms with Crippen LogP contribution >= 0.6 is 15.9 Å². The molecule has 2 rings (SSSR count). The Hall–Kier alpha value is -1.23. The first-order chi connectivity index (χ1) is 10.2. The number of aromatic nitrogens is 4. The third kappa shape index (κ3) is 4.92. The number of pyridine rings is 1. The van der Waals surface area contributed by atoms with Crippen LogP contribution < -0.4 is 0 Å². The summed E-state index contributed by atoms with van der Waals surface area (Å²) in [6.45, 7) is 5.10. The molecule has 0 bridgehead atoms. The Kier molecular flexibility index (Phi) is 6.36. The quantitative estimate of drug-likeness (QED) is 0.717. The molecule has 2 aromatic heterocycles. The fourth-order valence-corrected chi connectivity index (χ4v) is 2.40. The first kappa shape index (κ1) is 16.1. The van der Waals surface area contributed by atoms with Crippen molar-refractivity contribution in [3.8, 4) is 0 Å². The monoisotopic (exact) mass is 350 g/mol. The van der Waals surface area contributed by atoms with Crippen molar-refractivity contribution in [2.45, 2.75) is 58.9 Å². The number of rotatable bonds is 8. The standard InChI is InChI=1S/C16H23BrN4/c1-3-5-7-15-19-16(8-6-4-2)21(20-15)12-14-10-9-13(17)11-18-14/h9-11H,3-8,12H2,1-2H3. The Morgan fingerprint density at radius 1 is 1.10 bits per heavy atom. The number of hydrogen-bond donors (Lipinski definition) is 0. The van der Waals surface area contributed by atoms with Gasteiger partial charge in [-0.25, -0.2) is 9.67 Å². The Morgan fingerprint density at radius 2 is 1.86 bits per heavy atom. The van der Waals surface area contributed by atoms with Crippen LogP contribution in [0.5, 0.6) is 0 Å². The summed E-state index contributed by atoms with van der Waals surface area (Å²) in [4.78, 5) is 9.14. The molecule has 0 saturated carbocycles. The van der Waals surface area contributed by atoms with Crippen molar-refractivity contribution in [1.82, 2.24) is 19.7 Å². The van der Waals surface area contributed by atoms with Crippen LogP contribution in [0, 0.1) is 0 Å². The van der Waals surface area contributed by atoms with Gasteiger partial charge < -0.3 is 0 Å². The Labute approximate surface area is 135 Å². The maximum absolute atomic E-state index is 4.71. The van der Waals surface area contributed by atoms with E-state index in [0.29, 0.717) is 6.54 Å². The third-order valence-corrected chi connectivity index (χ3v) is 3.87. The van der Waals surface area contributed by atoms with Gasteiger partial charge in [0.05, 0.1) is 12.2 Å². The highest BCUT2D eigenvalue weighted by atomic mass is 79.9. The van der Waals surface area contributed by atoms with E-state index in [4.69, 9.17) is 4.98 Å². The van der Waals surface area contributed by atoms with E-state index in [0.717, 1.165) is 47.5 Å². The van der Waals surface area contributed by atoms with E-state index in [2.05, 4.69) is 39.9 Å². The lowest BCUT2D eigenvalue weighted by molar-refractivity contribution is 0.604. The van der Waals surface area contributed by atoms with E-state index in [-0.39, 0.29) is 0 Å². The third-order valence-electron chi connectivity index (χ3n) is 3.40. The van der Waals surface area contributed by atoms with E-state index in [1.165, 1.54) is 12.8 Å². The van der Waals surface area contributed by atoms with Gasteiger partial charge in [-0.1, -0.05) is 26.7 Å². The van der Waals surface area contributed by atoms with E-state index >= 15 is 0 Å². The van der Waals surface area contributed by atoms with Crippen LogP contribution in [0.1, 0.15) is 56.9 Å². The number of aryl methyl sites for hydroxylation is 2. The van der Waals surface area contributed by atoms with E-state index in [1.54, 1.807) is 0 Å². The van der Waals surface area contributed by atoms with Crippen molar-refractivity contribution < 1.29 is 0 Å². The second-order valence-corrected chi connectivity index (χ2v) is 6.19. The van der Waals surface area contributed by atoms with Crippen molar-refractivity contribution >= 4 is 15.9 Å². The molecule has 5 heteroatoms. The van der Waals surface area contributed by atoms with Gasteiger partial charge in [0.25, 0.3) is 0 Å². The van der Waals surface area contributed by atoms with E-state index in [9.17, 15) is 0 Å². The van der Waals surface area contributed by atoms with Gasteiger partial charge in [-0.3, -0.25) is 4.98 Å². The number of nitrogens with zero attached hydrogens (tertiary/aromatic N) is 4. The molecule has 114 valence electrons. The molecule has 0 spiro atoms. The van der Waals surface area contributed by atoms with E-state index < -0.39 is 0 Å². The SMILES string of the molecule is CCCCc1nc(CCCC)n(Cc2ccc(Br)cn2)n1. The molecule has 2 heterocycles. The minimum atomic E-state index is 0.700. The largest absolute Gasteiger partial charge is 0.258 e. The van der Waals surface area contributed by atoms with Crippen molar-refractivity contribution in [2.75, 3.05) is 0 Å². The van der Waals surface area contributed by atoms with Gasteiger partial charge in [-0.15, -0.1) is 0 Å². The van der Waals surface area contributed by atoms with Gasteiger partial charge in [0.1, 0.15) is 5.82 Å². The molecule has 2 aromatic rings. The molecule has 0 atom stereocenters. The van der Waals surface area contributed by atoms with Gasteiger partial charge in [-0.05, 0) is 40.9 Å². The minimum absolute atomic E-state index is 0.700. The summed E-state index contributed by atoms with van der Waals surface area (Å²) in [7, 11) is 0. The summed E-state index contributed by atoms with van der Waals surface area (Å²) < 4.78 is 3.02. The van der Waals surface area contributed by atoms with Crippen LogP contribution in [-0.4, -0.2) is 19.7 Å². The highest BCUT2D eigenvalue weighted by molar-refractivity contribution is 9.10. The van der Waals surface area contributed by atoms with Crippen LogP contribution in [0.15, 0.2) is 22.8 Å². The fourth-order valence-electron chi connectivity index (χ4n) is 2.17. The lowest BCUT2D eigenvalue weighted by Gasteiger charge is -2.05. The van der Waals surface area contributed by atoms with Gasteiger partial charge >= 0.3 is 0 Å². The van der Waals surface area contributed by atoms with Gasteiger partial charge in [0, 0.05) is 23.5 Å². The highest BCUT2D eigenvalue weighted by Crippen LogP contribution is 2.11. The topological polar surface area (TPSA) is 43.6 Å². The highest BCUT2D eigenvalue weighted by Gasteiger charge is 2.10. The normalized spacial score (nSPS) is 11.0. The Morgan fingerprint density at radius 3 is 2.52 bits per heavy atom. The van der Waals surface area contributed by atoms with Crippen molar-refractivity contribution in [1.29, 1.82) is 0 Å². The average Bonchev–Trinajstić information content (AvgIpc) is 2.87. The number of unbranched alkanes of at least 4 members (excludes halogenated alkanes) is 2. The summed E-state index contributed by atoms with van der Waals surface area (Å²) in [5, 5.41) is 4.67. The number of halogens is 1. The first-order valence-corrected chi connectivity index (χ1v) is 8.55. The second-order valence-electron chi connectivity index (χ2n) is 5.28. The van der Waals surface area contributed by atoms with Crippen LogP contribution in [0.2, 0.25) is 0 Å². The molecule has 0 aliphatic heterocycles. The zero-order chi connectivity index (χ0) is 15.1. The molecule has 0 amide bonds. The van der Waals surface area contributed by atoms with Crippen molar-refractivity contribution in [2.24, 2.45) is 0 Å². The maximum atomic E-state index is 4.71. The molecule has 0 N–H and O–H groups in total. The Bertz CT molecular complexity index is 548. The van der Waals surface area contributed by atoms with Crippen LogP contribution in [0.4, 0.5) is 0 Å². The molecule has 0 radical (unpaired) electrons. The molecule has 0 aromatic carbocycles. The minimum Gasteiger partial charge on any atom is -0.258 e. The lowest BCUT2D eigenvalue weighted by Crippen LogP contribution is -2.08. The average molecular weight is 351 g/mol. The van der Waals surface area contributed by atoms with Crippen molar-refractivity contribution in [3.05, 3.63) is 40.1 Å². The second kappa shape index (κ2) is 8.27. The molecular formula is C16H23BrN4. The predicted octanol–water partition coefficient (Wildman–Crippen LogP) is 4.17. The Balaban J connectivity index is 2.14. The lowest BCUT2D eigenvalue weighted by atomic mass is 10.2. The summed E-state index contributed by atoms with van der Waals surface area (Å²) >= 11 is 3.41. The summed E-state index contributed by atoms with van der Waals surface area (Å²) in [5.74, 6) is 2.06. The van der Waals surface area contributed by atoms with Gasteiger partial charge in [-0.2, -0.15) is 5.10 Å².